The monoisotopic (exact) mass is 346 g/mol. The third-order valence-electron chi connectivity index (χ3n) is 3.07. The van der Waals surface area contributed by atoms with E-state index in [9.17, 15) is 19.5 Å². The number of Topliss-reactive ketones (excluding diaryl/α,β-unsaturated/α-hetero) is 1. The average molecular weight is 346 g/mol. The number of hydrogen-bond acceptors (Lipinski definition) is 6. The highest BCUT2D eigenvalue weighted by Gasteiger charge is 2.26. The number of amides is 2. The van der Waals surface area contributed by atoms with Crippen LogP contribution in [0.1, 0.15) is 41.0 Å². The van der Waals surface area contributed by atoms with Crippen LogP contribution >= 0.6 is 0 Å². The Balaban J connectivity index is 4.63. The van der Waals surface area contributed by atoms with Crippen molar-refractivity contribution in [2.24, 2.45) is 5.92 Å². The van der Waals surface area contributed by atoms with Gasteiger partial charge in [0, 0.05) is 0 Å². The summed E-state index contributed by atoms with van der Waals surface area (Å²) in [5.74, 6) is -0.376. The minimum Gasteiger partial charge on any atom is -0.450 e. The van der Waals surface area contributed by atoms with Gasteiger partial charge in [0.1, 0.15) is 11.8 Å². The van der Waals surface area contributed by atoms with Crippen LogP contribution in [-0.4, -0.2) is 60.9 Å². The van der Waals surface area contributed by atoms with Gasteiger partial charge in [0.2, 0.25) is 5.91 Å². The Morgan fingerprint density at radius 3 is 2.33 bits per heavy atom. The van der Waals surface area contributed by atoms with Crippen molar-refractivity contribution < 1.29 is 29.0 Å². The van der Waals surface area contributed by atoms with E-state index in [1.54, 1.807) is 13.8 Å². The molecule has 0 aliphatic rings. The zero-order chi connectivity index (χ0) is 18.8. The molecule has 0 rings (SSSR count). The molecular weight excluding hydrogens is 316 g/mol. The van der Waals surface area contributed by atoms with Crippen LogP contribution in [0.4, 0.5) is 4.79 Å². The molecule has 0 aliphatic carbocycles. The number of ether oxygens (including phenoxy) is 2. The summed E-state index contributed by atoms with van der Waals surface area (Å²) in [6.45, 7) is 8.36. The van der Waals surface area contributed by atoms with Gasteiger partial charge in [-0.25, -0.2) is 4.79 Å². The molecule has 0 aromatic heterocycles. The number of ketones is 1. The van der Waals surface area contributed by atoms with Crippen LogP contribution in [0.3, 0.4) is 0 Å². The van der Waals surface area contributed by atoms with Gasteiger partial charge in [0.25, 0.3) is 0 Å². The predicted molar refractivity (Wildman–Crippen MR) is 88.5 cm³/mol. The lowest BCUT2D eigenvalue weighted by Gasteiger charge is -2.26. The van der Waals surface area contributed by atoms with Crippen LogP contribution in [-0.2, 0) is 19.1 Å². The summed E-state index contributed by atoms with van der Waals surface area (Å²) in [5, 5.41) is 14.0. The molecule has 0 fully saturated rings. The van der Waals surface area contributed by atoms with Gasteiger partial charge in [-0.1, -0.05) is 13.8 Å². The number of aliphatic hydroxyl groups is 1. The first kappa shape index (κ1) is 22.3. The van der Waals surface area contributed by atoms with Gasteiger partial charge in [-0.15, -0.1) is 0 Å². The molecule has 0 heterocycles. The third-order valence-corrected chi connectivity index (χ3v) is 3.07. The van der Waals surface area contributed by atoms with E-state index in [0.717, 1.165) is 0 Å². The number of alkyl carbamates (subject to hydrolysis) is 1. The molecule has 0 aromatic rings. The molecule has 24 heavy (non-hydrogen) atoms. The Hall–Kier alpha value is -1.67. The van der Waals surface area contributed by atoms with Crippen molar-refractivity contribution in [3.63, 3.8) is 0 Å². The van der Waals surface area contributed by atoms with Gasteiger partial charge in [-0.3, -0.25) is 9.59 Å². The van der Waals surface area contributed by atoms with Crippen molar-refractivity contribution in [1.29, 1.82) is 0 Å². The SMILES string of the molecule is CC(=O)CNC(=O)C(COC(C)(C)CO)NC(=O)OCCC(C)C. The smallest absolute Gasteiger partial charge is 0.407 e. The molecule has 0 saturated carbocycles. The summed E-state index contributed by atoms with van der Waals surface area (Å²) in [6, 6.07) is -1.03. The van der Waals surface area contributed by atoms with Crippen LogP contribution in [0, 0.1) is 5.92 Å². The number of hydrogen-bond donors (Lipinski definition) is 3. The molecule has 1 unspecified atom stereocenters. The van der Waals surface area contributed by atoms with Crippen molar-refractivity contribution in [2.45, 2.75) is 52.7 Å². The molecule has 1 atom stereocenters. The van der Waals surface area contributed by atoms with Crippen molar-refractivity contribution in [1.82, 2.24) is 10.6 Å². The molecule has 140 valence electrons. The summed E-state index contributed by atoms with van der Waals surface area (Å²) < 4.78 is 10.5. The molecule has 0 bridgehead atoms. The number of carbonyl (C=O) groups excluding carboxylic acids is 3. The quantitative estimate of drug-likeness (QED) is 0.505. The molecule has 0 radical (unpaired) electrons. The Morgan fingerprint density at radius 1 is 1.21 bits per heavy atom. The second-order valence-corrected chi connectivity index (χ2v) is 6.66. The van der Waals surface area contributed by atoms with E-state index in [2.05, 4.69) is 10.6 Å². The summed E-state index contributed by atoms with van der Waals surface area (Å²) in [7, 11) is 0. The Labute approximate surface area is 143 Å². The fraction of sp³-hybridized carbons (Fsp3) is 0.812. The fourth-order valence-corrected chi connectivity index (χ4v) is 1.44. The van der Waals surface area contributed by atoms with Crippen LogP contribution < -0.4 is 10.6 Å². The van der Waals surface area contributed by atoms with Gasteiger partial charge >= 0.3 is 6.09 Å². The van der Waals surface area contributed by atoms with E-state index in [0.29, 0.717) is 12.3 Å². The van der Waals surface area contributed by atoms with Gasteiger partial charge in [0.05, 0.1) is 32.0 Å². The molecule has 8 nitrogen and oxygen atoms in total. The minimum atomic E-state index is -1.03. The van der Waals surface area contributed by atoms with E-state index in [1.807, 2.05) is 13.8 Å². The fourth-order valence-electron chi connectivity index (χ4n) is 1.44. The zero-order valence-electron chi connectivity index (χ0n) is 15.2. The first-order valence-electron chi connectivity index (χ1n) is 8.02. The number of nitrogens with one attached hydrogen (secondary N) is 2. The Kier molecular flexibility index (Phi) is 10.2. The zero-order valence-corrected chi connectivity index (χ0v) is 15.2. The first-order chi connectivity index (χ1) is 11.1. The van der Waals surface area contributed by atoms with Crippen LogP contribution in [0.5, 0.6) is 0 Å². The summed E-state index contributed by atoms with van der Waals surface area (Å²) in [4.78, 5) is 34.9. The lowest BCUT2D eigenvalue weighted by Crippen LogP contribution is -2.51. The molecule has 2 amide bonds. The van der Waals surface area contributed by atoms with Crippen molar-refractivity contribution in [2.75, 3.05) is 26.4 Å². The topological polar surface area (TPSA) is 114 Å². The van der Waals surface area contributed by atoms with Crippen molar-refractivity contribution >= 4 is 17.8 Å². The van der Waals surface area contributed by atoms with Gasteiger partial charge in [-0.05, 0) is 33.1 Å². The maximum Gasteiger partial charge on any atom is 0.407 e. The van der Waals surface area contributed by atoms with Crippen LogP contribution in [0.2, 0.25) is 0 Å². The third kappa shape index (κ3) is 11.0. The molecule has 0 aromatic carbocycles. The molecule has 3 N–H and O–H groups in total. The molecule has 0 saturated heterocycles. The number of rotatable bonds is 11. The van der Waals surface area contributed by atoms with Crippen molar-refractivity contribution in [3.8, 4) is 0 Å². The summed E-state index contributed by atoms with van der Waals surface area (Å²) in [5.41, 5.74) is -0.859. The van der Waals surface area contributed by atoms with Gasteiger partial charge < -0.3 is 25.2 Å². The first-order valence-corrected chi connectivity index (χ1v) is 8.02. The van der Waals surface area contributed by atoms with E-state index in [1.165, 1.54) is 6.92 Å². The van der Waals surface area contributed by atoms with E-state index < -0.39 is 23.6 Å². The normalized spacial score (nSPS) is 12.6. The molecule has 0 aliphatic heterocycles. The summed E-state index contributed by atoms with van der Waals surface area (Å²) in [6.07, 6.45) is -0.0214. The van der Waals surface area contributed by atoms with E-state index in [4.69, 9.17) is 9.47 Å². The van der Waals surface area contributed by atoms with Crippen LogP contribution in [0.15, 0.2) is 0 Å². The standard InChI is InChI=1S/C16H30N2O6/c1-11(2)6-7-23-15(22)18-13(9-24-16(4,5)10-19)14(21)17-8-12(3)20/h11,13,19H,6-10H2,1-5H3,(H,17,21)(H,18,22). The number of carbonyl (C=O) groups is 3. The van der Waals surface area contributed by atoms with Gasteiger partial charge in [-0.2, -0.15) is 0 Å². The molecule has 8 heteroatoms. The maximum atomic E-state index is 12.1. The molecule has 0 spiro atoms. The second kappa shape index (κ2) is 11.0. The average Bonchev–Trinajstić information content (AvgIpc) is 2.48. The van der Waals surface area contributed by atoms with E-state index >= 15 is 0 Å². The van der Waals surface area contributed by atoms with Crippen LogP contribution in [0.25, 0.3) is 0 Å². The largest absolute Gasteiger partial charge is 0.450 e. The predicted octanol–water partition coefficient (Wildman–Crippen LogP) is 0.620. The summed E-state index contributed by atoms with van der Waals surface area (Å²) >= 11 is 0. The minimum absolute atomic E-state index is 0.136. The second-order valence-electron chi connectivity index (χ2n) is 6.66. The highest BCUT2D eigenvalue weighted by atomic mass is 16.5. The van der Waals surface area contributed by atoms with Crippen molar-refractivity contribution in [3.05, 3.63) is 0 Å². The lowest BCUT2D eigenvalue weighted by atomic mass is 10.1. The number of aliphatic hydroxyl groups excluding tert-OH is 1. The Bertz CT molecular complexity index is 423. The van der Waals surface area contributed by atoms with Gasteiger partial charge in [0.15, 0.2) is 0 Å². The molecular formula is C16H30N2O6. The highest BCUT2D eigenvalue weighted by molar-refractivity contribution is 5.89. The van der Waals surface area contributed by atoms with E-state index in [-0.39, 0.29) is 32.1 Å². The lowest BCUT2D eigenvalue weighted by molar-refractivity contribution is -0.129. The highest BCUT2D eigenvalue weighted by Crippen LogP contribution is 2.08. The maximum absolute atomic E-state index is 12.1. The Morgan fingerprint density at radius 2 is 1.83 bits per heavy atom.